The molecule has 72 valence electrons. The highest BCUT2D eigenvalue weighted by Crippen LogP contribution is 2.23. The molecule has 1 aromatic rings. The van der Waals surface area contributed by atoms with Crippen LogP contribution in [0.15, 0.2) is 29.2 Å². The number of hydrogen-bond donors (Lipinski definition) is 0. The zero-order valence-corrected chi connectivity index (χ0v) is 9.42. The molecule has 2 nitrogen and oxygen atoms in total. The van der Waals surface area contributed by atoms with E-state index < -0.39 is 8.87 Å². The molecular weight excluding hydrogens is 228 g/mol. The van der Waals surface area contributed by atoms with Crippen molar-refractivity contribution >= 4 is 31.3 Å². The summed E-state index contributed by atoms with van der Waals surface area (Å²) < 4.78 is 22.9. The molecule has 0 fully saturated rings. The van der Waals surface area contributed by atoms with E-state index >= 15 is 0 Å². The van der Waals surface area contributed by atoms with Crippen LogP contribution in [-0.4, -0.2) is 14.2 Å². The average Bonchev–Trinajstić information content (AvgIpc) is 2.05. The van der Waals surface area contributed by atoms with E-state index in [9.17, 15) is 8.42 Å². The first-order valence-electron chi connectivity index (χ1n) is 3.71. The number of benzene rings is 1. The van der Waals surface area contributed by atoms with Gasteiger partial charge in [-0.3, -0.25) is 0 Å². The quantitative estimate of drug-likeness (QED) is 0.757. The summed E-state index contributed by atoms with van der Waals surface area (Å²) in [6, 6.07) is 6.18. The number of halogens is 1. The second-order valence-corrected chi connectivity index (χ2v) is 6.97. The standard InChI is InChI=1S/C8H9ClO2S2/c1-2-12-13(10,11)8-5-3-7(9)4-6-8/h3-6H,2H2,1H3. The van der Waals surface area contributed by atoms with Crippen LogP contribution in [0, 0.1) is 0 Å². The van der Waals surface area contributed by atoms with Crippen molar-refractivity contribution < 1.29 is 8.42 Å². The third-order valence-electron chi connectivity index (χ3n) is 1.38. The highest BCUT2D eigenvalue weighted by atomic mass is 35.5. The maximum Gasteiger partial charge on any atom is 0.229 e. The van der Waals surface area contributed by atoms with Crippen LogP contribution in [0.4, 0.5) is 0 Å². The molecule has 1 rings (SSSR count). The Bertz CT molecular complexity index is 370. The molecule has 0 spiro atoms. The molecule has 1 aromatic carbocycles. The maximum atomic E-state index is 11.5. The first-order valence-corrected chi connectivity index (χ1v) is 7.07. The lowest BCUT2D eigenvalue weighted by atomic mass is 10.4. The minimum atomic E-state index is -3.17. The van der Waals surface area contributed by atoms with E-state index in [2.05, 4.69) is 0 Å². The summed E-state index contributed by atoms with van der Waals surface area (Å²) in [6.45, 7) is 1.80. The van der Waals surface area contributed by atoms with Crippen LogP contribution >= 0.6 is 22.4 Å². The molecular formula is C8H9ClO2S2. The molecule has 5 heteroatoms. The van der Waals surface area contributed by atoms with Crippen LogP contribution in [0.1, 0.15) is 6.92 Å². The van der Waals surface area contributed by atoms with Gasteiger partial charge in [-0.05, 0) is 35.1 Å². The van der Waals surface area contributed by atoms with Crippen molar-refractivity contribution in [1.82, 2.24) is 0 Å². The highest BCUT2D eigenvalue weighted by molar-refractivity contribution is 8.72. The van der Waals surface area contributed by atoms with Gasteiger partial charge in [-0.2, -0.15) is 0 Å². The minimum absolute atomic E-state index is 0.309. The lowest BCUT2D eigenvalue weighted by Crippen LogP contribution is -1.94. The van der Waals surface area contributed by atoms with Gasteiger partial charge in [-0.25, -0.2) is 8.42 Å². The van der Waals surface area contributed by atoms with Gasteiger partial charge in [0.15, 0.2) is 0 Å². The Kier molecular flexibility index (Phi) is 3.64. The van der Waals surface area contributed by atoms with Crippen LogP contribution in [0.25, 0.3) is 0 Å². The molecule has 0 aliphatic rings. The van der Waals surface area contributed by atoms with Crippen LogP contribution in [0.5, 0.6) is 0 Å². The molecule has 0 heterocycles. The van der Waals surface area contributed by atoms with Crippen LogP contribution < -0.4 is 0 Å². The van der Waals surface area contributed by atoms with Crippen LogP contribution in [-0.2, 0) is 8.87 Å². The molecule has 0 bridgehead atoms. The Morgan fingerprint density at radius 3 is 2.31 bits per heavy atom. The summed E-state index contributed by atoms with van der Waals surface area (Å²) in [6.07, 6.45) is 0. The Morgan fingerprint density at radius 2 is 1.85 bits per heavy atom. The molecule has 0 atom stereocenters. The molecule has 0 aliphatic heterocycles. The Morgan fingerprint density at radius 1 is 1.31 bits per heavy atom. The van der Waals surface area contributed by atoms with Crippen molar-refractivity contribution in [3.8, 4) is 0 Å². The molecule has 0 aliphatic carbocycles. The topological polar surface area (TPSA) is 34.1 Å². The predicted molar refractivity (Wildman–Crippen MR) is 56.8 cm³/mol. The van der Waals surface area contributed by atoms with Gasteiger partial charge in [0.2, 0.25) is 8.87 Å². The van der Waals surface area contributed by atoms with E-state index in [1.54, 1.807) is 19.1 Å². The normalized spacial score (nSPS) is 11.5. The van der Waals surface area contributed by atoms with E-state index in [-0.39, 0.29) is 0 Å². The lowest BCUT2D eigenvalue weighted by Gasteiger charge is -2.00. The summed E-state index contributed by atoms with van der Waals surface area (Å²) in [5.74, 6) is 0.547. The molecule has 0 saturated heterocycles. The smallest absolute Gasteiger partial charge is 0.212 e. The monoisotopic (exact) mass is 236 g/mol. The molecule has 0 radical (unpaired) electrons. The van der Waals surface area contributed by atoms with Gasteiger partial charge in [-0.1, -0.05) is 18.5 Å². The molecule has 0 aromatic heterocycles. The predicted octanol–water partition coefficient (Wildman–Crippen LogP) is 2.78. The van der Waals surface area contributed by atoms with Crippen molar-refractivity contribution in [2.24, 2.45) is 0 Å². The Balaban J connectivity index is 3.02. The van der Waals surface area contributed by atoms with Gasteiger partial charge in [0, 0.05) is 10.8 Å². The second-order valence-electron chi connectivity index (χ2n) is 2.31. The first kappa shape index (κ1) is 10.9. The lowest BCUT2D eigenvalue weighted by molar-refractivity contribution is 0.610. The SMILES string of the molecule is CCSS(=O)(=O)c1ccc(Cl)cc1. The van der Waals surface area contributed by atoms with Gasteiger partial charge in [0.1, 0.15) is 0 Å². The van der Waals surface area contributed by atoms with Gasteiger partial charge in [0.05, 0.1) is 4.90 Å². The summed E-state index contributed by atoms with van der Waals surface area (Å²) in [4.78, 5) is 0.309. The van der Waals surface area contributed by atoms with Gasteiger partial charge >= 0.3 is 0 Å². The average molecular weight is 237 g/mol. The van der Waals surface area contributed by atoms with Gasteiger partial charge in [0.25, 0.3) is 0 Å². The van der Waals surface area contributed by atoms with Gasteiger partial charge in [-0.15, -0.1) is 0 Å². The summed E-state index contributed by atoms with van der Waals surface area (Å²) in [7, 11) is -2.25. The largest absolute Gasteiger partial charge is 0.229 e. The summed E-state index contributed by atoms with van der Waals surface area (Å²) >= 11 is 5.64. The fraction of sp³-hybridized carbons (Fsp3) is 0.250. The van der Waals surface area contributed by atoms with Crippen LogP contribution in [0.3, 0.4) is 0 Å². The molecule has 0 unspecified atom stereocenters. The third kappa shape index (κ3) is 2.90. The van der Waals surface area contributed by atoms with E-state index in [1.807, 2.05) is 0 Å². The van der Waals surface area contributed by atoms with Crippen molar-refractivity contribution in [3.05, 3.63) is 29.3 Å². The molecule has 0 N–H and O–H groups in total. The zero-order valence-electron chi connectivity index (χ0n) is 7.03. The first-order chi connectivity index (χ1) is 6.06. The zero-order chi connectivity index (χ0) is 9.90. The fourth-order valence-electron chi connectivity index (χ4n) is 0.824. The fourth-order valence-corrected chi connectivity index (χ4v) is 3.54. The number of hydrogen-bond acceptors (Lipinski definition) is 3. The third-order valence-corrected chi connectivity index (χ3v) is 5.24. The highest BCUT2D eigenvalue weighted by Gasteiger charge is 2.12. The summed E-state index contributed by atoms with van der Waals surface area (Å²) in [5.41, 5.74) is 0. The Hall–Kier alpha value is -0.190. The second kappa shape index (κ2) is 4.35. The molecule has 13 heavy (non-hydrogen) atoms. The van der Waals surface area contributed by atoms with Crippen molar-refractivity contribution in [2.75, 3.05) is 5.75 Å². The van der Waals surface area contributed by atoms with Crippen molar-refractivity contribution in [1.29, 1.82) is 0 Å². The minimum Gasteiger partial charge on any atom is -0.212 e. The van der Waals surface area contributed by atoms with E-state index in [1.165, 1.54) is 12.1 Å². The van der Waals surface area contributed by atoms with Crippen molar-refractivity contribution in [2.45, 2.75) is 11.8 Å². The van der Waals surface area contributed by atoms with E-state index in [0.29, 0.717) is 15.7 Å². The number of rotatable bonds is 3. The van der Waals surface area contributed by atoms with Crippen molar-refractivity contribution in [3.63, 3.8) is 0 Å². The van der Waals surface area contributed by atoms with E-state index in [0.717, 1.165) is 10.8 Å². The molecule has 0 amide bonds. The van der Waals surface area contributed by atoms with Gasteiger partial charge < -0.3 is 0 Å². The Labute approximate surface area is 86.6 Å². The summed E-state index contributed by atoms with van der Waals surface area (Å²) in [5, 5.41) is 0.542. The molecule has 0 saturated carbocycles. The maximum absolute atomic E-state index is 11.5. The van der Waals surface area contributed by atoms with E-state index in [4.69, 9.17) is 11.6 Å². The van der Waals surface area contributed by atoms with Crippen LogP contribution in [0.2, 0.25) is 5.02 Å².